The minimum atomic E-state index is -0.962. The second-order valence-electron chi connectivity index (χ2n) is 2.97. The quantitative estimate of drug-likeness (QED) is 0.529. The van der Waals surface area contributed by atoms with Gasteiger partial charge in [0.15, 0.2) is 0 Å². The lowest BCUT2D eigenvalue weighted by Crippen LogP contribution is -2.19. The molecule has 0 saturated heterocycles. The number of rotatable bonds is 0. The predicted molar refractivity (Wildman–Crippen MR) is 41.3 cm³/mol. The van der Waals surface area contributed by atoms with Gasteiger partial charge in [0.2, 0.25) is 0 Å². The van der Waals surface area contributed by atoms with Crippen molar-refractivity contribution in [1.29, 1.82) is 0 Å². The Bertz CT molecular complexity index is 198. The zero-order valence-corrected chi connectivity index (χ0v) is 7.20. The van der Waals surface area contributed by atoms with Crippen molar-refractivity contribution in [1.82, 2.24) is 0 Å². The number of hydrogen-bond donors (Lipinski definition) is 0. The molecule has 58 valence electrons. The first-order valence-corrected chi connectivity index (χ1v) is 4.65. The monoisotopic (exact) mass is 161 g/mol. The van der Waals surface area contributed by atoms with E-state index in [1.807, 2.05) is 13.8 Å². The smallest absolute Gasteiger partial charge is 0.147 e. The summed E-state index contributed by atoms with van der Waals surface area (Å²) in [5.41, 5.74) is -0.249. The van der Waals surface area contributed by atoms with E-state index in [-0.39, 0.29) is 5.60 Å². The van der Waals surface area contributed by atoms with E-state index in [4.69, 9.17) is 4.84 Å². The highest BCUT2D eigenvalue weighted by atomic mass is 32.2. The molecule has 0 bridgehead atoms. The van der Waals surface area contributed by atoms with Gasteiger partial charge in [-0.3, -0.25) is 4.21 Å². The van der Waals surface area contributed by atoms with Crippen molar-refractivity contribution in [3.05, 3.63) is 0 Å². The summed E-state index contributed by atoms with van der Waals surface area (Å²) in [7, 11) is -0.962. The molecule has 0 aromatic rings. The molecule has 0 radical (unpaired) electrons. The molecule has 0 fully saturated rings. The first kappa shape index (κ1) is 7.72. The van der Waals surface area contributed by atoms with E-state index < -0.39 is 10.8 Å². The van der Waals surface area contributed by atoms with Crippen LogP contribution in [0.1, 0.15) is 20.3 Å². The molecular formula is C6H11NO2S. The summed E-state index contributed by atoms with van der Waals surface area (Å²) >= 11 is 0. The zero-order chi connectivity index (χ0) is 7.78. The van der Waals surface area contributed by atoms with Crippen LogP contribution in [-0.4, -0.2) is 21.1 Å². The maximum absolute atomic E-state index is 10.8. The van der Waals surface area contributed by atoms with Crippen molar-refractivity contribution >= 4 is 15.8 Å². The summed E-state index contributed by atoms with van der Waals surface area (Å²) in [6.07, 6.45) is 2.29. The average Bonchev–Trinajstić information content (AvgIpc) is 2.10. The second kappa shape index (κ2) is 2.34. The van der Waals surface area contributed by atoms with Gasteiger partial charge in [-0.2, -0.15) is 0 Å². The molecule has 1 heterocycles. The molecule has 3 nitrogen and oxygen atoms in total. The van der Waals surface area contributed by atoms with Crippen LogP contribution in [0.4, 0.5) is 0 Å². The summed E-state index contributed by atoms with van der Waals surface area (Å²) in [5, 5.41) is 4.36. The second-order valence-corrected chi connectivity index (χ2v) is 4.35. The molecule has 10 heavy (non-hydrogen) atoms. The van der Waals surface area contributed by atoms with Gasteiger partial charge in [0.25, 0.3) is 0 Å². The van der Waals surface area contributed by atoms with Gasteiger partial charge < -0.3 is 4.84 Å². The summed E-state index contributed by atoms with van der Waals surface area (Å²) in [6.45, 7) is 3.85. The Hall–Kier alpha value is -0.380. The highest BCUT2D eigenvalue weighted by molar-refractivity contribution is 8.00. The molecule has 0 saturated carbocycles. The Kier molecular flexibility index (Phi) is 1.81. The molecule has 0 aliphatic carbocycles. The Morgan fingerprint density at radius 3 is 2.50 bits per heavy atom. The van der Waals surface area contributed by atoms with Crippen molar-refractivity contribution < 1.29 is 9.05 Å². The van der Waals surface area contributed by atoms with Gasteiger partial charge in [0.1, 0.15) is 10.6 Å². The van der Waals surface area contributed by atoms with Gasteiger partial charge in [-0.1, -0.05) is 5.16 Å². The maximum atomic E-state index is 10.8. The summed E-state index contributed by atoms with van der Waals surface area (Å²) < 4.78 is 10.8. The molecule has 1 aliphatic rings. The van der Waals surface area contributed by atoms with Crippen LogP contribution >= 0.6 is 0 Å². The van der Waals surface area contributed by atoms with E-state index in [9.17, 15) is 4.21 Å². The highest BCUT2D eigenvalue weighted by Gasteiger charge is 2.30. The number of nitrogens with zero attached hydrogens (tertiary/aromatic N) is 1. The number of oxime groups is 1. The van der Waals surface area contributed by atoms with E-state index >= 15 is 0 Å². The van der Waals surface area contributed by atoms with Gasteiger partial charge in [-0.05, 0) is 13.8 Å². The highest BCUT2D eigenvalue weighted by Crippen LogP contribution is 2.22. The molecule has 0 amide bonds. The molecule has 1 atom stereocenters. The normalized spacial score (nSPS) is 25.3. The van der Waals surface area contributed by atoms with E-state index in [1.165, 1.54) is 0 Å². The summed E-state index contributed by atoms with van der Waals surface area (Å²) in [6, 6.07) is 0. The Morgan fingerprint density at radius 1 is 1.70 bits per heavy atom. The summed E-state index contributed by atoms with van der Waals surface area (Å²) in [4.78, 5) is 5.01. The van der Waals surface area contributed by atoms with E-state index in [0.29, 0.717) is 11.5 Å². The predicted octanol–water partition coefficient (Wildman–Crippen LogP) is 0.877. The Balaban J connectivity index is 2.64. The molecule has 0 aromatic heterocycles. The van der Waals surface area contributed by atoms with Crippen LogP contribution in [-0.2, 0) is 15.6 Å². The molecule has 0 spiro atoms. The zero-order valence-electron chi connectivity index (χ0n) is 6.38. The third-order valence-electron chi connectivity index (χ3n) is 1.30. The average molecular weight is 161 g/mol. The van der Waals surface area contributed by atoms with Crippen LogP contribution in [0.3, 0.4) is 0 Å². The minimum Gasteiger partial charge on any atom is -0.389 e. The SMILES string of the molecule is CS(=O)C1=NOC(C)(C)C1. The largest absolute Gasteiger partial charge is 0.389 e. The molecule has 1 unspecified atom stereocenters. The lowest BCUT2D eigenvalue weighted by Gasteiger charge is -2.12. The molecule has 4 heteroatoms. The van der Waals surface area contributed by atoms with Crippen LogP contribution in [0.2, 0.25) is 0 Å². The van der Waals surface area contributed by atoms with E-state index in [0.717, 1.165) is 0 Å². The van der Waals surface area contributed by atoms with Gasteiger partial charge in [0, 0.05) is 12.7 Å². The van der Waals surface area contributed by atoms with Gasteiger partial charge in [-0.25, -0.2) is 0 Å². The Morgan fingerprint density at radius 2 is 2.30 bits per heavy atom. The first-order chi connectivity index (χ1) is 4.51. The van der Waals surface area contributed by atoms with Crippen LogP contribution < -0.4 is 0 Å². The van der Waals surface area contributed by atoms with Crippen molar-refractivity contribution in [3.8, 4) is 0 Å². The van der Waals surface area contributed by atoms with E-state index in [1.54, 1.807) is 6.26 Å². The fraction of sp³-hybridized carbons (Fsp3) is 0.833. The van der Waals surface area contributed by atoms with Gasteiger partial charge in [-0.15, -0.1) is 0 Å². The fourth-order valence-electron chi connectivity index (χ4n) is 0.757. The molecule has 0 aromatic carbocycles. The van der Waals surface area contributed by atoms with Crippen molar-refractivity contribution in [2.45, 2.75) is 25.9 Å². The minimum absolute atomic E-state index is 0.249. The lowest BCUT2D eigenvalue weighted by atomic mass is 10.1. The molecule has 1 rings (SSSR count). The summed E-state index contributed by atoms with van der Waals surface area (Å²) in [5.74, 6) is 0. The molecular weight excluding hydrogens is 150 g/mol. The standard InChI is InChI=1S/C6H11NO2S/c1-6(2)4-5(7-9-6)10(3)8/h4H2,1-3H3. The lowest BCUT2D eigenvalue weighted by molar-refractivity contribution is 0.0123. The molecule has 0 N–H and O–H groups in total. The van der Waals surface area contributed by atoms with Crippen LogP contribution in [0.5, 0.6) is 0 Å². The first-order valence-electron chi connectivity index (χ1n) is 3.10. The van der Waals surface area contributed by atoms with Crippen molar-refractivity contribution in [2.75, 3.05) is 6.26 Å². The Labute approximate surface area is 62.9 Å². The fourth-order valence-corrected chi connectivity index (χ4v) is 1.45. The maximum Gasteiger partial charge on any atom is 0.147 e. The van der Waals surface area contributed by atoms with Gasteiger partial charge in [0.05, 0.1) is 10.8 Å². The van der Waals surface area contributed by atoms with E-state index in [2.05, 4.69) is 5.16 Å². The van der Waals surface area contributed by atoms with Gasteiger partial charge >= 0.3 is 0 Å². The van der Waals surface area contributed by atoms with Crippen molar-refractivity contribution in [2.24, 2.45) is 5.16 Å². The van der Waals surface area contributed by atoms with Crippen molar-refractivity contribution in [3.63, 3.8) is 0 Å². The van der Waals surface area contributed by atoms with Crippen LogP contribution in [0.15, 0.2) is 5.16 Å². The van der Waals surface area contributed by atoms with Crippen LogP contribution in [0, 0.1) is 0 Å². The number of hydrogen-bond acceptors (Lipinski definition) is 3. The third-order valence-corrected chi connectivity index (χ3v) is 2.19. The topological polar surface area (TPSA) is 38.7 Å². The molecule has 1 aliphatic heterocycles. The third kappa shape index (κ3) is 1.56. The van der Waals surface area contributed by atoms with Crippen LogP contribution in [0.25, 0.3) is 0 Å².